The number of ketones is 1. The molecule has 21 heavy (non-hydrogen) atoms. The Morgan fingerprint density at radius 1 is 0.857 bits per heavy atom. The first-order valence-corrected chi connectivity index (χ1v) is 7.30. The van der Waals surface area contributed by atoms with E-state index in [2.05, 4.69) is 6.92 Å². The molecule has 0 heterocycles. The van der Waals surface area contributed by atoms with Crippen molar-refractivity contribution in [2.24, 2.45) is 0 Å². The SMILES string of the molecule is Cc1c(C)c(C)c(C(=O)c2c(N)cccc2Cl)c(C)c1C. The third-order valence-electron chi connectivity index (χ3n) is 4.50. The maximum Gasteiger partial charge on any atom is 0.197 e. The van der Waals surface area contributed by atoms with Crippen molar-refractivity contribution in [2.75, 3.05) is 5.73 Å². The van der Waals surface area contributed by atoms with Crippen molar-refractivity contribution in [3.63, 3.8) is 0 Å². The molecule has 0 radical (unpaired) electrons. The Labute approximate surface area is 130 Å². The van der Waals surface area contributed by atoms with Crippen LogP contribution in [0.2, 0.25) is 5.02 Å². The van der Waals surface area contributed by atoms with Gasteiger partial charge in [0.15, 0.2) is 5.78 Å². The molecule has 0 aromatic heterocycles. The first-order chi connectivity index (χ1) is 9.77. The van der Waals surface area contributed by atoms with Gasteiger partial charge < -0.3 is 5.73 Å². The molecule has 0 saturated carbocycles. The minimum atomic E-state index is -0.0979. The number of hydrogen-bond donors (Lipinski definition) is 1. The van der Waals surface area contributed by atoms with Crippen LogP contribution in [0.3, 0.4) is 0 Å². The topological polar surface area (TPSA) is 43.1 Å². The van der Waals surface area contributed by atoms with Gasteiger partial charge in [0.2, 0.25) is 0 Å². The molecule has 2 aromatic carbocycles. The normalized spacial score (nSPS) is 10.8. The van der Waals surface area contributed by atoms with Crippen LogP contribution in [0.25, 0.3) is 0 Å². The molecule has 110 valence electrons. The Balaban J connectivity index is 2.77. The first-order valence-electron chi connectivity index (χ1n) is 6.93. The van der Waals surface area contributed by atoms with Crippen LogP contribution in [-0.2, 0) is 0 Å². The molecule has 0 unspecified atom stereocenters. The van der Waals surface area contributed by atoms with Crippen LogP contribution in [0, 0.1) is 34.6 Å². The van der Waals surface area contributed by atoms with Gasteiger partial charge in [-0.1, -0.05) is 17.7 Å². The van der Waals surface area contributed by atoms with E-state index < -0.39 is 0 Å². The van der Waals surface area contributed by atoms with Gasteiger partial charge in [0.25, 0.3) is 0 Å². The molecule has 0 aliphatic rings. The largest absolute Gasteiger partial charge is 0.398 e. The lowest BCUT2D eigenvalue weighted by atomic mass is 9.86. The maximum atomic E-state index is 13.0. The standard InChI is InChI=1S/C18H20ClNO/c1-9-10(2)12(4)16(13(5)11(9)3)18(21)17-14(19)7-6-8-15(17)20/h6-8H,20H2,1-5H3. The summed E-state index contributed by atoms with van der Waals surface area (Å²) < 4.78 is 0. The Kier molecular flexibility index (Phi) is 4.11. The molecule has 0 saturated heterocycles. The van der Waals surface area contributed by atoms with Gasteiger partial charge in [0.05, 0.1) is 10.6 Å². The van der Waals surface area contributed by atoms with Crippen molar-refractivity contribution in [3.8, 4) is 0 Å². The second-order valence-corrected chi connectivity index (χ2v) is 5.94. The highest BCUT2D eigenvalue weighted by molar-refractivity contribution is 6.36. The fraction of sp³-hybridized carbons (Fsp3) is 0.278. The third kappa shape index (κ3) is 2.44. The molecule has 2 rings (SSSR count). The van der Waals surface area contributed by atoms with E-state index in [0.29, 0.717) is 16.3 Å². The maximum absolute atomic E-state index is 13.0. The lowest BCUT2D eigenvalue weighted by Crippen LogP contribution is -2.13. The zero-order chi connectivity index (χ0) is 15.9. The highest BCUT2D eigenvalue weighted by Gasteiger charge is 2.22. The van der Waals surface area contributed by atoms with Crippen molar-refractivity contribution in [1.29, 1.82) is 0 Å². The highest BCUT2D eigenvalue weighted by Crippen LogP contribution is 2.31. The van der Waals surface area contributed by atoms with Crippen molar-refractivity contribution in [1.82, 2.24) is 0 Å². The second kappa shape index (κ2) is 5.53. The summed E-state index contributed by atoms with van der Waals surface area (Å²) in [5.41, 5.74) is 13.0. The minimum Gasteiger partial charge on any atom is -0.398 e. The summed E-state index contributed by atoms with van der Waals surface area (Å²) in [6.45, 7) is 10.1. The zero-order valence-electron chi connectivity index (χ0n) is 13.1. The zero-order valence-corrected chi connectivity index (χ0v) is 13.9. The smallest absolute Gasteiger partial charge is 0.197 e. The molecule has 2 aromatic rings. The Morgan fingerprint density at radius 2 is 1.33 bits per heavy atom. The van der Waals surface area contributed by atoms with Crippen LogP contribution in [0.5, 0.6) is 0 Å². The number of benzene rings is 2. The first kappa shape index (κ1) is 15.6. The summed E-state index contributed by atoms with van der Waals surface area (Å²) in [7, 11) is 0. The fourth-order valence-electron chi connectivity index (χ4n) is 2.75. The van der Waals surface area contributed by atoms with Crippen LogP contribution in [-0.4, -0.2) is 5.78 Å². The monoisotopic (exact) mass is 301 g/mol. The van der Waals surface area contributed by atoms with Gasteiger partial charge in [-0.15, -0.1) is 0 Å². The molecule has 0 atom stereocenters. The molecule has 2 N–H and O–H groups in total. The molecule has 0 amide bonds. The summed E-state index contributed by atoms with van der Waals surface area (Å²) in [6.07, 6.45) is 0. The minimum absolute atomic E-state index is 0.0979. The number of carbonyl (C=O) groups excluding carboxylic acids is 1. The average Bonchev–Trinajstić information content (AvgIpc) is 2.43. The molecule has 0 aliphatic carbocycles. The van der Waals surface area contributed by atoms with Crippen LogP contribution in [0.4, 0.5) is 5.69 Å². The predicted octanol–water partition coefficient (Wildman–Crippen LogP) is 4.70. The number of carbonyl (C=O) groups is 1. The molecule has 0 spiro atoms. The van der Waals surface area contributed by atoms with Gasteiger partial charge >= 0.3 is 0 Å². The Hall–Kier alpha value is -1.80. The van der Waals surface area contributed by atoms with E-state index in [-0.39, 0.29) is 5.78 Å². The van der Waals surface area contributed by atoms with Crippen molar-refractivity contribution >= 4 is 23.1 Å². The lowest BCUT2D eigenvalue weighted by Gasteiger charge is -2.18. The average molecular weight is 302 g/mol. The molecular formula is C18H20ClNO. The van der Waals surface area contributed by atoms with E-state index in [0.717, 1.165) is 27.8 Å². The van der Waals surface area contributed by atoms with Gasteiger partial charge in [-0.2, -0.15) is 0 Å². The van der Waals surface area contributed by atoms with Gasteiger partial charge in [0, 0.05) is 11.3 Å². The number of nitrogen functional groups attached to an aromatic ring is 1. The van der Waals surface area contributed by atoms with Gasteiger partial charge in [0.1, 0.15) is 0 Å². The summed E-state index contributed by atoms with van der Waals surface area (Å²) in [5.74, 6) is -0.0979. The number of nitrogens with two attached hydrogens (primary N) is 1. The molecule has 0 bridgehead atoms. The van der Waals surface area contributed by atoms with E-state index in [1.807, 2.05) is 27.7 Å². The lowest BCUT2D eigenvalue weighted by molar-refractivity contribution is 0.103. The van der Waals surface area contributed by atoms with Crippen molar-refractivity contribution in [3.05, 3.63) is 62.2 Å². The Morgan fingerprint density at radius 3 is 1.81 bits per heavy atom. The highest BCUT2D eigenvalue weighted by atomic mass is 35.5. The van der Waals surface area contributed by atoms with Crippen LogP contribution < -0.4 is 5.73 Å². The van der Waals surface area contributed by atoms with Crippen molar-refractivity contribution in [2.45, 2.75) is 34.6 Å². The number of halogens is 1. The van der Waals surface area contributed by atoms with Gasteiger partial charge in [-0.25, -0.2) is 0 Å². The molecule has 0 aliphatic heterocycles. The number of hydrogen-bond acceptors (Lipinski definition) is 2. The molecule has 2 nitrogen and oxygen atoms in total. The Bertz CT molecular complexity index is 698. The summed E-state index contributed by atoms with van der Waals surface area (Å²) >= 11 is 6.19. The van der Waals surface area contributed by atoms with E-state index >= 15 is 0 Å². The third-order valence-corrected chi connectivity index (χ3v) is 4.81. The van der Waals surface area contributed by atoms with Crippen LogP contribution in [0.15, 0.2) is 18.2 Å². The van der Waals surface area contributed by atoms with Crippen LogP contribution in [0.1, 0.15) is 43.7 Å². The number of rotatable bonds is 2. The predicted molar refractivity (Wildman–Crippen MR) is 89.4 cm³/mol. The summed E-state index contributed by atoms with van der Waals surface area (Å²) in [4.78, 5) is 13.0. The van der Waals surface area contributed by atoms with E-state index in [9.17, 15) is 4.79 Å². The van der Waals surface area contributed by atoms with Gasteiger partial charge in [-0.05, 0) is 74.6 Å². The second-order valence-electron chi connectivity index (χ2n) is 5.53. The van der Waals surface area contributed by atoms with E-state index in [1.165, 1.54) is 5.56 Å². The van der Waals surface area contributed by atoms with Gasteiger partial charge in [-0.3, -0.25) is 4.79 Å². The summed E-state index contributed by atoms with van der Waals surface area (Å²) in [6, 6.07) is 5.15. The number of anilines is 1. The molecule has 0 fully saturated rings. The molecular weight excluding hydrogens is 282 g/mol. The molecule has 3 heteroatoms. The quantitative estimate of drug-likeness (QED) is 0.645. The van der Waals surface area contributed by atoms with E-state index in [1.54, 1.807) is 18.2 Å². The van der Waals surface area contributed by atoms with Crippen LogP contribution >= 0.6 is 11.6 Å². The fourth-order valence-corrected chi connectivity index (χ4v) is 3.01. The van der Waals surface area contributed by atoms with E-state index in [4.69, 9.17) is 17.3 Å². The summed E-state index contributed by atoms with van der Waals surface area (Å²) in [5, 5.41) is 0.398. The van der Waals surface area contributed by atoms with Crippen molar-refractivity contribution < 1.29 is 4.79 Å².